The maximum Gasteiger partial charge on any atom is 0.279 e. The van der Waals surface area contributed by atoms with Crippen LogP contribution >= 0.6 is 11.3 Å². The number of amides is 3. The second kappa shape index (κ2) is 8.35. The molecule has 3 amide bonds. The topological polar surface area (TPSA) is 90.2 Å². The lowest BCUT2D eigenvalue weighted by Gasteiger charge is -2.14. The third-order valence-corrected chi connectivity index (χ3v) is 6.15. The minimum absolute atomic E-state index is 0.187. The monoisotopic (exact) mass is 439 g/mol. The van der Waals surface area contributed by atoms with Gasteiger partial charge in [-0.1, -0.05) is 17.4 Å². The molecule has 2 aromatic carbocycles. The summed E-state index contributed by atoms with van der Waals surface area (Å²) < 4.78 is 13.6. The van der Waals surface area contributed by atoms with Gasteiger partial charge in [0.05, 0.1) is 30.1 Å². The summed E-state index contributed by atoms with van der Waals surface area (Å²) in [4.78, 5) is 43.0. The number of nitrogens with zero attached hydrogens (tertiary/aromatic N) is 3. The minimum atomic E-state index is -0.450. The van der Waals surface area contributed by atoms with E-state index in [1.54, 1.807) is 32.4 Å². The van der Waals surface area contributed by atoms with Crippen LogP contribution in [0, 0.1) is 0 Å². The lowest BCUT2D eigenvalue weighted by atomic mass is 10.2. The van der Waals surface area contributed by atoms with E-state index in [0.717, 1.165) is 15.1 Å². The summed E-state index contributed by atoms with van der Waals surface area (Å²) >= 11 is 1.37. The van der Waals surface area contributed by atoms with Gasteiger partial charge in [-0.15, -0.1) is 0 Å². The highest BCUT2D eigenvalue weighted by molar-refractivity contribution is 7.16. The van der Waals surface area contributed by atoms with Crippen LogP contribution in [-0.2, 0) is 16.1 Å². The summed E-state index contributed by atoms with van der Waals surface area (Å²) in [5.74, 6) is 0.227. The fourth-order valence-electron chi connectivity index (χ4n) is 3.58. The standard InChI is InChI=1S/C22H21N3O5S/c1-4-24-15-11-16(29-2)17(30-3)12-18(15)31-22(24)23-21(28)13-6-5-7-14(10-13)25-19(26)8-9-20(25)27/h5-7,10-12H,4,8-9H2,1-3H3. The Morgan fingerprint density at radius 1 is 1.06 bits per heavy atom. The fourth-order valence-corrected chi connectivity index (χ4v) is 4.68. The molecule has 1 fully saturated rings. The van der Waals surface area contributed by atoms with E-state index in [0.29, 0.717) is 34.1 Å². The Labute approximate surface area is 182 Å². The maximum absolute atomic E-state index is 12.9. The summed E-state index contributed by atoms with van der Waals surface area (Å²) in [7, 11) is 3.15. The summed E-state index contributed by atoms with van der Waals surface area (Å²) in [5.41, 5.74) is 1.58. The molecule has 31 heavy (non-hydrogen) atoms. The van der Waals surface area contributed by atoms with Gasteiger partial charge in [-0.2, -0.15) is 4.99 Å². The second-order valence-electron chi connectivity index (χ2n) is 6.89. The lowest BCUT2D eigenvalue weighted by Crippen LogP contribution is -2.28. The number of methoxy groups -OCH3 is 2. The predicted molar refractivity (Wildman–Crippen MR) is 117 cm³/mol. The first-order chi connectivity index (χ1) is 15.0. The van der Waals surface area contributed by atoms with Crippen LogP contribution < -0.4 is 19.2 Å². The number of fused-ring (bicyclic) bond motifs is 1. The molecule has 1 aliphatic heterocycles. The van der Waals surface area contributed by atoms with Gasteiger partial charge in [0.2, 0.25) is 11.8 Å². The highest BCUT2D eigenvalue weighted by Gasteiger charge is 2.30. The number of benzene rings is 2. The SMILES string of the molecule is CCn1c(=NC(=O)c2cccc(N3C(=O)CCC3=O)c2)sc2cc(OC)c(OC)cc21. The second-order valence-corrected chi connectivity index (χ2v) is 7.90. The zero-order chi connectivity index (χ0) is 22.1. The van der Waals surface area contributed by atoms with E-state index in [1.807, 2.05) is 23.6 Å². The van der Waals surface area contributed by atoms with E-state index in [1.165, 1.54) is 17.4 Å². The van der Waals surface area contributed by atoms with Crippen molar-refractivity contribution >= 4 is 45.0 Å². The Morgan fingerprint density at radius 2 is 1.74 bits per heavy atom. The molecule has 1 saturated heterocycles. The van der Waals surface area contributed by atoms with Crippen LogP contribution in [-0.4, -0.2) is 36.5 Å². The average Bonchev–Trinajstić information content (AvgIpc) is 3.30. The third kappa shape index (κ3) is 3.72. The molecule has 160 valence electrons. The zero-order valence-corrected chi connectivity index (χ0v) is 18.2. The van der Waals surface area contributed by atoms with E-state index < -0.39 is 5.91 Å². The number of hydrogen-bond donors (Lipinski definition) is 0. The third-order valence-electron chi connectivity index (χ3n) is 5.10. The first-order valence-electron chi connectivity index (χ1n) is 9.77. The van der Waals surface area contributed by atoms with E-state index >= 15 is 0 Å². The van der Waals surface area contributed by atoms with E-state index in [4.69, 9.17) is 9.47 Å². The molecule has 4 rings (SSSR count). The molecule has 0 radical (unpaired) electrons. The summed E-state index contributed by atoms with van der Waals surface area (Å²) in [6, 6.07) is 10.2. The summed E-state index contributed by atoms with van der Waals surface area (Å²) in [5, 5.41) is 0. The van der Waals surface area contributed by atoms with Crippen molar-refractivity contribution in [2.24, 2.45) is 4.99 Å². The Hall–Kier alpha value is -3.46. The summed E-state index contributed by atoms with van der Waals surface area (Å²) in [6.07, 6.45) is 0.374. The number of carbonyl (C=O) groups is 3. The van der Waals surface area contributed by atoms with Crippen molar-refractivity contribution in [1.82, 2.24) is 4.57 Å². The van der Waals surface area contributed by atoms with Crippen LogP contribution in [0.2, 0.25) is 0 Å². The van der Waals surface area contributed by atoms with E-state index in [-0.39, 0.29) is 24.7 Å². The number of anilines is 1. The molecule has 0 aliphatic carbocycles. The molecule has 8 nitrogen and oxygen atoms in total. The number of hydrogen-bond acceptors (Lipinski definition) is 6. The first kappa shape index (κ1) is 20.8. The molecule has 9 heteroatoms. The van der Waals surface area contributed by atoms with Gasteiger partial charge in [0.1, 0.15) is 0 Å². The van der Waals surface area contributed by atoms with Gasteiger partial charge in [0.25, 0.3) is 5.91 Å². The van der Waals surface area contributed by atoms with Crippen molar-refractivity contribution in [3.05, 3.63) is 46.8 Å². The molecule has 0 bridgehead atoms. The van der Waals surface area contributed by atoms with Gasteiger partial charge in [0, 0.05) is 37.1 Å². The quantitative estimate of drug-likeness (QED) is 0.570. The Bertz CT molecular complexity index is 1260. The van der Waals surface area contributed by atoms with Gasteiger partial charge in [0.15, 0.2) is 16.3 Å². The molecule has 3 aromatic rings. The molecule has 0 N–H and O–H groups in total. The van der Waals surface area contributed by atoms with Gasteiger partial charge in [-0.25, -0.2) is 0 Å². The first-order valence-corrected chi connectivity index (χ1v) is 10.6. The Balaban J connectivity index is 1.77. The molecule has 0 atom stereocenters. The normalized spacial score (nSPS) is 14.5. The van der Waals surface area contributed by atoms with Gasteiger partial charge >= 0.3 is 0 Å². The molecule has 0 spiro atoms. The highest BCUT2D eigenvalue weighted by atomic mass is 32.1. The Morgan fingerprint density at radius 3 is 2.39 bits per heavy atom. The van der Waals surface area contributed by atoms with Crippen molar-refractivity contribution in [1.29, 1.82) is 0 Å². The number of aryl methyl sites for hydroxylation is 1. The van der Waals surface area contributed by atoms with Crippen molar-refractivity contribution in [3.8, 4) is 11.5 Å². The number of rotatable bonds is 5. The van der Waals surface area contributed by atoms with Crippen LogP contribution in [0.1, 0.15) is 30.1 Å². The van der Waals surface area contributed by atoms with Crippen LogP contribution in [0.4, 0.5) is 5.69 Å². The minimum Gasteiger partial charge on any atom is -0.493 e. The average molecular weight is 439 g/mol. The van der Waals surface area contributed by atoms with E-state index in [9.17, 15) is 14.4 Å². The van der Waals surface area contributed by atoms with Crippen LogP contribution in [0.5, 0.6) is 11.5 Å². The molecule has 1 aliphatic rings. The number of imide groups is 1. The van der Waals surface area contributed by atoms with Crippen molar-refractivity contribution in [2.45, 2.75) is 26.3 Å². The number of aromatic nitrogens is 1. The predicted octanol–water partition coefficient (Wildman–Crippen LogP) is 3.13. The van der Waals surface area contributed by atoms with Gasteiger partial charge in [-0.05, 0) is 25.1 Å². The zero-order valence-electron chi connectivity index (χ0n) is 17.4. The summed E-state index contributed by atoms with van der Waals surface area (Å²) in [6.45, 7) is 2.58. The van der Waals surface area contributed by atoms with E-state index in [2.05, 4.69) is 4.99 Å². The van der Waals surface area contributed by atoms with Crippen LogP contribution in [0.3, 0.4) is 0 Å². The number of ether oxygens (including phenoxy) is 2. The lowest BCUT2D eigenvalue weighted by molar-refractivity contribution is -0.121. The number of carbonyl (C=O) groups excluding carboxylic acids is 3. The van der Waals surface area contributed by atoms with Crippen molar-refractivity contribution < 1.29 is 23.9 Å². The molecule has 1 aromatic heterocycles. The molecular weight excluding hydrogens is 418 g/mol. The maximum atomic E-state index is 12.9. The Kier molecular flexibility index (Phi) is 5.60. The van der Waals surface area contributed by atoms with Crippen LogP contribution in [0.15, 0.2) is 41.4 Å². The molecular formula is C22H21N3O5S. The van der Waals surface area contributed by atoms with Crippen molar-refractivity contribution in [2.75, 3.05) is 19.1 Å². The largest absolute Gasteiger partial charge is 0.493 e. The molecule has 2 heterocycles. The highest BCUT2D eigenvalue weighted by Crippen LogP contribution is 2.33. The smallest absolute Gasteiger partial charge is 0.279 e. The number of thiazole rings is 1. The van der Waals surface area contributed by atoms with Gasteiger partial charge < -0.3 is 14.0 Å². The van der Waals surface area contributed by atoms with Gasteiger partial charge in [-0.3, -0.25) is 19.3 Å². The molecule has 0 unspecified atom stereocenters. The molecule has 0 saturated carbocycles. The fraction of sp³-hybridized carbons (Fsp3) is 0.273. The van der Waals surface area contributed by atoms with Crippen molar-refractivity contribution in [3.63, 3.8) is 0 Å². The van der Waals surface area contributed by atoms with Crippen LogP contribution in [0.25, 0.3) is 10.2 Å².